The molecular formula is C13H14N4O2S. The number of carbonyl (C=O) groups is 2. The van der Waals surface area contributed by atoms with E-state index < -0.39 is 0 Å². The van der Waals surface area contributed by atoms with Crippen molar-refractivity contribution < 1.29 is 9.59 Å². The van der Waals surface area contributed by atoms with Gasteiger partial charge in [-0.05, 0) is 36.8 Å². The van der Waals surface area contributed by atoms with Gasteiger partial charge in [0.05, 0.1) is 17.0 Å². The zero-order valence-electron chi connectivity index (χ0n) is 10.7. The molecule has 0 saturated carbocycles. The first-order chi connectivity index (χ1) is 9.61. The van der Waals surface area contributed by atoms with Crippen LogP contribution >= 0.6 is 12.2 Å². The first kappa shape index (κ1) is 12.9. The molecule has 1 aliphatic rings. The van der Waals surface area contributed by atoms with Crippen molar-refractivity contribution in [1.29, 1.82) is 0 Å². The van der Waals surface area contributed by atoms with Gasteiger partial charge in [0.1, 0.15) is 0 Å². The van der Waals surface area contributed by atoms with Crippen molar-refractivity contribution in [2.75, 3.05) is 11.9 Å². The maximum absolute atomic E-state index is 12.1. The molecule has 0 radical (unpaired) electrons. The van der Waals surface area contributed by atoms with Crippen LogP contribution in [0.5, 0.6) is 0 Å². The fourth-order valence-electron chi connectivity index (χ4n) is 2.31. The number of amides is 2. The lowest BCUT2D eigenvalue weighted by molar-refractivity contribution is -0.126. The number of hydrogen-bond acceptors (Lipinski definition) is 3. The summed E-state index contributed by atoms with van der Waals surface area (Å²) in [6.07, 6.45) is 0.995. The molecule has 1 fully saturated rings. The van der Waals surface area contributed by atoms with E-state index in [1.165, 1.54) is 0 Å². The molecule has 0 bridgehead atoms. The predicted molar refractivity (Wildman–Crippen MR) is 77.8 cm³/mol. The summed E-state index contributed by atoms with van der Waals surface area (Å²) in [5, 5.41) is 5.58. The largest absolute Gasteiger partial charge is 0.355 e. The summed E-state index contributed by atoms with van der Waals surface area (Å²) in [5.74, 6) is -0.234. The summed E-state index contributed by atoms with van der Waals surface area (Å²) in [6.45, 7) is 0.402. The van der Waals surface area contributed by atoms with Gasteiger partial charge >= 0.3 is 0 Å². The summed E-state index contributed by atoms with van der Waals surface area (Å²) < 4.78 is 0.554. The zero-order chi connectivity index (χ0) is 14.1. The summed E-state index contributed by atoms with van der Waals surface area (Å²) in [4.78, 5) is 29.2. The number of piperidine rings is 1. The van der Waals surface area contributed by atoms with Crippen LogP contribution in [0.15, 0.2) is 18.2 Å². The van der Waals surface area contributed by atoms with E-state index in [1.54, 1.807) is 0 Å². The van der Waals surface area contributed by atoms with E-state index in [-0.39, 0.29) is 17.7 Å². The minimum Gasteiger partial charge on any atom is -0.355 e. The molecule has 1 atom stereocenters. The van der Waals surface area contributed by atoms with Gasteiger partial charge in [0.2, 0.25) is 11.8 Å². The van der Waals surface area contributed by atoms with Crippen LogP contribution in [0.2, 0.25) is 0 Å². The molecule has 6 nitrogen and oxygen atoms in total. The Morgan fingerprint density at radius 2 is 2.10 bits per heavy atom. The minimum atomic E-state index is -0.173. The van der Waals surface area contributed by atoms with Crippen LogP contribution in [0.3, 0.4) is 0 Å². The minimum absolute atomic E-state index is 0.00960. The molecule has 1 saturated heterocycles. The Hall–Kier alpha value is -2.15. The molecule has 1 aliphatic heterocycles. The number of benzene rings is 1. The highest BCUT2D eigenvalue weighted by atomic mass is 32.1. The Labute approximate surface area is 120 Å². The van der Waals surface area contributed by atoms with E-state index >= 15 is 0 Å². The van der Waals surface area contributed by atoms with Crippen molar-refractivity contribution in [3.63, 3.8) is 0 Å². The van der Waals surface area contributed by atoms with Gasteiger partial charge in [0.15, 0.2) is 4.77 Å². The van der Waals surface area contributed by atoms with Crippen LogP contribution in [0.25, 0.3) is 11.0 Å². The van der Waals surface area contributed by atoms with Crippen molar-refractivity contribution >= 4 is 40.8 Å². The first-order valence-corrected chi connectivity index (χ1v) is 6.82. The molecule has 7 heteroatoms. The third-order valence-electron chi connectivity index (χ3n) is 3.42. The zero-order valence-corrected chi connectivity index (χ0v) is 11.5. The molecule has 1 aromatic carbocycles. The van der Waals surface area contributed by atoms with Gasteiger partial charge in [-0.3, -0.25) is 9.59 Å². The Morgan fingerprint density at radius 1 is 1.30 bits per heavy atom. The Kier molecular flexibility index (Phi) is 3.27. The molecule has 104 valence electrons. The van der Waals surface area contributed by atoms with Gasteiger partial charge < -0.3 is 20.6 Å². The summed E-state index contributed by atoms with van der Waals surface area (Å²) in [7, 11) is 0. The third-order valence-corrected chi connectivity index (χ3v) is 3.62. The topological polar surface area (TPSA) is 89.8 Å². The molecule has 2 amide bonds. The maximum Gasteiger partial charge on any atom is 0.229 e. The summed E-state index contributed by atoms with van der Waals surface area (Å²) in [5.41, 5.74) is 2.47. The van der Waals surface area contributed by atoms with Crippen LogP contribution in [0, 0.1) is 10.7 Å². The molecule has 1 unspecified atom stereocenters. The first-order valence-electron chi connectivity index (χ1n) is 6.41. The number of aromatic amines is 2. The lowest BCUT2D eigenvalue weighted by Crippen LogP contribution is -2.40. The van der Waals surface area contributed by atoms with Crippen LogP contribution in [0.4, 0.5) is 5.69 Å². The average molecular weight is 290 g/mol. The fourth-order valence-corrected chi connectivity index (χ4v) is 2.53. The molecule has 20 heavy (non-hydrogen) atoms. The number of nitrogens with one attached hydrogen (secondary N) is 4. The van der Waals surface area contributed by atoms with Gasteiger partial charge in [0.25, 0.3) is 0 Å². The van der Waals surface area contributed by atoms with Gasteiger partial charge in [-0.25, -0.2) is 0 Å². The van der Waals surface area contributed by atoms with Crippen LogP contribution in [-0.2, 0) is 9.59 Å². The second-order valence-electron chi connectivity index (χ2n) is 4.87. The number of aromatic nitrogens is 2. The summed E-state index contributed by atoms with van der Waals surface area (Å²) >= 11 is 5.02. The normalized spacial score (nSPS) is 18.8. The number of hydrogen-bond donors (Lipinski definition) is 4. The fraction of sp³-hybridized carbons (Fsp3) is 0.308. The second-order valence-corrected chi connectivity index (χ2v) is 5.28. The Bertz CT molecular complexity index is 723. The monoisotopic (exact) mass is 290 g/mol. The second kappa shape index (κ2) is 5.09. The van der Waals surface area contributed by atoms with Crippen molar-refractivity contribution in [2.45, 2.75) is 12.8 Å². The van der Waals surface area contributed by atoms with Crippen molar-refractivity contribution in [2.24, 2.45) is 5.92 Å². The molecule has 2 aromatic rings. The van der Waals surface area contributed by atoms with Crippen LogP contribution in [-0.4, -0.2) is 28.3 Å². The standard InChI is InChI=1S/C13H14N4O2S/c18-11-4-1-7(6-14-11)12(19)15-8-2-3-9-10(5-8)17-13(20)16-9/h2-3,5,7H,1,4,6H2,(H,14,18)(H,15,19)(H2,16,17,20). The number of imidazole rings is 1. The Balaban J connectivity index is 1.73. The number of H-pyrrole nitrogens is 2. The molecule has 0 spiro atoms. The molecule has 4 N–H and O–H groups in total. The predicted octanol–water partition coefficient (Wildman–Crippen LogP) is 1.69. The van der Waals surface area contributed by atoms with E-state index in [2.05, 4.69) is 20.6 Å². The Morgan fingerprint density at radius 3 is 2.85 bits per heavy atom. The highest BCUT2D eigenvalue weighted by Gasteiger charge is 2.24. The lowest BCUT2D eigenvalue weighted by atomic mass is 9.98. The van der Waals surface area contributed by atoms with E-state index in [1.807, 2.05) is 18.2 Å². The highest BCUT2D eigenvalue weighted by Crippen LogP contribution is 2.18. The number of fused-ring (bicyclic) bond motifs is 1. The maximum atomic E-state index is 12.1. The van der Waals surface area contributed by atoms with Crippen molar-refractivity contribution in [3.8, 4) is 0 Å². The number of rotatable bonds is 2. The van der Waals surface area contributed by atoms with Crippen molar-refractivity contribution in [3.05, 3.63) is 23.0 Å². The van der Waals surface area contributed by atoms with Crippen molar-refractivity contribution in [1.82, 2.24) is 15.3 Å². The number of anilines is 1. The molecule has 0 aliphatic carbocycles. The molecule has 2 heterocycles. The SMILES string of the molecule is O=C1CCC(C(=O)Nc2ccc3[nH]c(=S)[nH]c3c2)CN1. The van der Waals surface area contributed by atoms with Crippen LogP contribution < -0.4 is 10.6 Å². The van der Waals surface area contributed by atoms with Gasteiger partial charge in [-0.1, -0.05) is 0 Å². The number of carbonyl (C=O) groups excluding carboxylic acids is 2. The summed E-state index contributed by atoms with van der Waals surface area (Å²) in [6, 6.07) is 5.52. The molecule has 1 aromatic heterocycles. The van der Waals surface area contributed by atoms with Gasteiger partial charge in [0, 0.05) is 18.7 Å². The smallest absolute Gasteiger partial charge is 0.229 e. The highest BCUT2D eigenvalue weighted by molar-refractivity contribution is 7.71. The average Bonchev–Trinajstić information content (AvgIpc) is 2.78. The third kappa shape index (κ3) is 2.57. The van der Waals surface area contributed by atoms with E-state index in [4.69, 9.17) is 12.2 Å². The van der Waals surface area contributed by atoms with E-state index in [9.17, 15) is 9.59 Å². The van der Waals surface area contributed by atoms with E-state index in [0.29, 0.717) is 29.8 Å². The van der Waals surface area contributed by atoms with Gasteiger partial charge in [-0.2, -0.15) is 0 Å². The van der Waals surface area contributed by atoms with Gasteiger partial charge in [-0.15, -0.1) is 0 Å². The molecule has 3 rings (SSSR count). The quantitative estimate of drug-likeness (QED) is 0.634. The molecular weight excluding hydrogens is 276 g/mol. The lowest BCUT2D eigenvalue weighted by Gasteiger charge is -2.21. The van der Waals surface area contributed by atoms with E-state index in [0.717, 1.165) is 11.0 Å². The van der Waals surface area contributed by atoms with Crippen LogP contribution in [0.1, 0.15) is 12.8 Å².